The number of hydrogen-bond donors (Lipinski definition) is 3. The zero-order valence-corrected chi connectivity index (χ0v) is 10.6. The van der Waals surface area contributed by atoms with Crippen molar-refractivity contribution in [3.8, 4) is 11.5 Å². The van der Waals surface area contributed by atoms with Crippen molar-refractivity contribution in [1.29, 1.82) is 0 Å². The van der Waals surface area contributed by atoms with Crippen LogP contribution in [0.15, 0.2) is 59.6 Å². The third kappa shape index (κ3) is 3.72. The van der Waals surface area contributed by atoms with Gasteiger partial charge in [-0.25, -0.2) is 5.84 Å². The van der Waals surface area contributed by atoms with E-state index in [1.807, 2.05) is 54.6 Å². The van der Waals surface area contributed by atoms with E-state index < -0.39 is 0 Å². The van der Waals surface area contributed by atoms with Crippen LogP contribution in [0.2, 0.25) is 0 Å². The number of rotatable bonds is 3. The van der Waals surface area contributed by atoms with Gasteiger partial charge in [-0.3, -0.25) is 10.4 Å². The molecular weight excluding hydrogens is 240 g/mol. The number of para-hydroxylation sites is 1. The average molecular weight is 256 g/mol. The lowest BCUT2D eigenvalue weighted by molar-refractivity contribution is 0.483. The van der Waals surface area contributed by atoms with Crippen molar-refractivity contribution in [3.05, 3.63) is 54.6 Å². The third-order valence-electron chi connectivity index (χ3n) is 2.44. The normalized spacial score (nSPS) is 10.9. The fourth-order valence-electron chi connectivity index (χ4n) is 1.56. The van der Waals surface area contributed by atoms with E-state index in [0.29, 0.717) is 5.96 Å². The lowest BCUT2D eigenvalue weighted by atomic mass is 10.3. The van der Waals surface area contributed by atoms with Crippen LogP contribution < -0.4 is 21.3 Å². The molecule has 4 N–H and O–H groups in total. The van der Waals surface area contributed by atoms with E-state index in [0.717, 1.165) is 17.2 Å². The van der Waals surface area contributed by atoms with E-state index in [-0.39, 0.29) is 0 Å². The molecule has 0 unspecified atom stereocenters. The molecule has 0 radical (unpaired) electrons. The quantitative estimate of drug-likeness (QED) is 0.341. The number of aliphatic imine (C=N–C) groups is 1. The van der Waals surface area contributed by atoms with Gasteiger partial charge in [0.25, 0.3) is 0 Å². The van der Waals surface area contributed by atoms with Crippen LogP contribution in [0.4, 0.5) is 5.69 Å². The third-order valence-corrected chi connectivity index (χ3v) is 2.44. The van der Waals surface area contributed by atoms with Crippen molar-refractivity contribution in [3.63, 3.8) is 0 Å². The zero-order chi connectivity index (χ0) is 13.5. The molecular formula is C14H16N4O. The number of nitrogens with zero attached hydrogens (tertiary/aromatic N) is 1. The number of nitrogens with two attached hydrogens (primary N) is 1. The molecule has 0 spiro atoms. The standard InChI is InChI=1S/C14H16N4O/c1-16-14(18-15)17-11-6-5-9-13(10-11)19-12-7-3-2-4-8-12/h2-10H,15H2,1H3,(H2,16,17,18). The van der Waals surface area contributed by atoms with Gasteiger partial charge >= 0.3 is 0 Å². The van der Waals surface area contributed by atoms with Crippen LogP contribution >= 0.6 is 0 Å². The number of anilines is 1. The summed E-state index contributed by atoms with van der Waals surface area (Å²) in [5.74, 6) is 7.33. The SMILES string of the molecule is CN=C(NN)Nc1cccc(Oc2ccccc2)c1. The van der Waals surface area contributed by atoms with Gasteiger partial charge in [0.1, 0.15) is 11.5 Å². The summed E-state index contributed by atoms with van der Waals surface area (Å²) in [4.78, 5) is 3.94. The molecule has 0 fully saturated rings. The molecule has 5 heteroatoms. The second kappa shape index (κ2) is 6.42. The molecule has 2 aromatic rings. The lowest BCUT2D eigenvalue weighted by Gasteiger charge is -2.10. The summed E-state index contributed by atoms with van der Waals surface area (Å²) in [7, 11) is 1.65. The van der Waals surface area contributed by atoms with E-state index in [9.17, 15) is 0 Å². The van der Waals surface area contributed by atoms with Gasteiger partial charge in [0.15, 0.2) is 0 Å². The summed E-state index contributed by atoms with van der Waals surface area (Å²) < 4.78 is 5.74. The van der Waals surface area contributed by atoms with Crippen LogP contribution in [-0.2, 0) is 0 Å². The molecule has 2 aromatic carbocycles. The molecule has 0 bridgehead atoms. The molecule has 19 heavy (non-hydrogen) atoms. The molecule has 0 aromatic heterocycles. The number of nitrogens with one attached hydrogen (secondary N) is 2. The van der Waals surface area contributed by atoms with Crippen molar-refractivity contribution >= 4 is 11.6 Å². The van der Waals surface area contributed by atoms with Crippen molar-refractivity contribution in [2.45, 2.75) is 0 Å². The van der Waals surface area contributed by atoms with Gasteiger partial charge in [0, 0.05) is 18.8 Å². The minimum atomic E-state index is 0.483. The summed E-state index contributed by atoms with van der Waals surface area (Å²) in [5, 5.41) is 3.04. The predicted molar refractivity (Wildman–Crippen MR) is 77.3 cm³/mol. The Labute approximate surface area is 112 Å². The summed E-state index contributed by atoms with van der Waals surface area (Å²) >= 11 is 0. The molecule has 0 heterocycles. The monoisotopic (exact) mass is 256 g/mol. The summed E-state index contributed by atoms with van der Waals surface area (Å²) in [5.41, 5.74) is 3.31. The second-order valence-corrected chi connectivity index (χ2v) is 3.78. The second-order valence-electron chi connectivity index (χ2n) is 3.78. The number of ether oxygens (including phenoxy) is 1. The van der Waals surface area contributed by atoms with Crippen molar-refractivity contribution in [2.24, 2.45) is 10.8 Å². The van der Waals surface area contributed by atoms with Gasteiger partial charge in [0.05, 0.1) is 0 Å². The minimum Gasteiger partial charge on any atom is -0.457 e. The Kier molecular flexibility index (Phi) is 4.36. The van der Waals surface area contributed by atoms with Crippen LogP contribution in [0.3, 0.4) is 0 Å². The molecule has 5 nitrogen and oxygen atoms in total. The molecule has 0 aliphatic carbocycles. The average Bonchev–Trinajstić information content (AvgIpc) is 2.46. The summed E-state index contributed by atoms with van der Waals surface area (Å²) in [6, 6.07) is 17.2. The first kappa shape index (κ1) is 12.9. The van der Waals surface area contributed by atoms with Gasteiger partial charge < -0.3 is 10.1 Å². The molecule has 0 aliphatic heterocycles. The number of hydrogen-bond acceptors (Lipinski definition) is 3. The van der Waals surface area contributed by atoms with Gasteiger partial charge in [-0.05, 0) is 24.3 Å². The molecule has 0 aliphatic rings. The van der Waals surface area contributed by atoms with Gasteiger partial charge in [-0.15, -0.1) is 0 Å². The first-order valence-electron chi connectivity index (χ1n) is 5.85. The Bertz CT molecular complexity index is 554. The molecule has 0 saturated heterocycles. The highest BCUT2D eigenvalue weighted by atomic mass is 16.5. The van der Waals surface area contributed by atoms with E-state index in [4.69, 9.17) is 10.6 Å². The van der Waals surface area contributed by atoms with Crippen LogP contribution in [0, 0.1) is 0 Å². The molecule has 0 atom stereocenters. The highest BCUT2D eigenvalue weighted by Crippen LogP contribution is 2.23. The van der Waals surface area contributed by atoms with Crippen LogP contribution in [-0.4, -0.2) is 13.0 Å². The topological polar surface area (TPSA) is 71.7 Å². The van der Waals surface area contributed by atoms with Crippen molar-refractivity contribution in [1.82, 2.24) is 5.43 Å². The number of hydrazine groups is 1. The van der Waals surface area contributed by atoms with E-state index in [1.54, 1.807) is 7.05 Å². The smallest absolute Gasteiger partial charge is 0.209 e. The molecule has 2 rings (SSSR count). The number of guanidine groups is 1. The van der Waals surface area contributed by atoms with E-state index >= 15 is 0 Å². The Balaban J connectivity index is 2.11. The van der Waals surface area contributed by atoms with E-state index in [1.165, 1.54) is 0 Å². The molecule has 0 saturated carbocycles. The Morgan fingerprint density at radius 3 is 2.47 bits per heavy atom. The fraction of sp³-hybridized carbons (Fsp3) is 0.0714. The Hall–Kier alpha value is -2.53. The van der Waals surface area contributed by atoms with Gasteiger partial charge in [-0.1, -0.05) is 24.3 Å². The summed E-state index contributed by atoms with van der Waals surface area (Å²) in [6.45, 7) is 0. The lowest BCUT2D eigenvalue weighted by Crippen LogP contribution is -2.36. The molecule has 98 valence electrons. The van der Waals surface area contributed by atoms with E-state index in [2.05, 4.69) is 15.7 Å². The first-order chi connectivity index (χ1) is 9.31. The van der Waals surface area contributed by atoms with Crippen LogP contribution in [0.25, 0.3) is 0 Å². The summed E-state index contributed by atoms with van der Waals surface area (Å²) in [6.07, 6.45) is 0. The zero-order valence-electron chi connectivity index (χ0n) is 10.6. The molecule has 0 amide bonds. The number of benzene rings is 2. The van der Waals surface area contributed by atoms with Crippen LogP contribution in [0.1, 0.15) is 0 Å². The van der Waals surface area contributed by atoms with Crippen molar-refractivity contribution < 1.29 is 4.74 Å². The minimum absolute atomic E-state index is 0.483. The van der Waals surface area contributed by atoms with Crippen LogP contribution in [0.5, 0.6) is 11.5 Å². The van der Waals surface area contributed by atoms with Crippen molar-refractivity contribution in [2.75, 3.05) is 12.4 Å². The highest BCUT2D eigenvalue weighted by Gasteiger charge is 2.00. The first-order valence-corrected chi connectivity index (χ1v) is 5.85. The maximum atomic E-state index is 5.74. The maximum Gasteiger partial charge on any atom is 0.209 e. The maximum absolute atomic E-state index is 5.74. The highest BCUT2D eigenvalue weighted by molar-refractivity contribution is 5.93. The predicted octanol–water partition coefficient (Wildman–Crippen LogP) is 2.34. The Morgan fingerprint density at radius 1 is 1.05 bits per heavy atom. The Morgan fingerprint density at radius 2 is 1.79 bits per heavy atom. The van der Waals surface area contributed by atoms with Gasteiger partial charge in [0.2, 0.25) is 5.96 Å². The van der Waals surface area contributed by atoms with Gasteiger partial charge in [-0.2, -0.15) is 0 Å². The fourth-order valence-corrected chi connectivity index (χ4v) is 1.56. The largest absolute Gasteiger partial charge is 0.457 e.